The Kier molecular flexibility index (Phi) is 8.24. The Hall–Kier alpha value is -1.93. The van der Waals surface area contributed by atoms with E-state index in [1.807, 2.05) is 4.90 Å². The highest BCUT2D eigenvalue weighted by atomic mass is 32.2. The number of nitrogens with zero attached hydrogens (tertiary/aromatic N) is 1. The number of benzene rings is 1. The molecule has 1 saturated heterocycles. The number of carbonyl (C=O) groups is 1. The number of hydrogen-bond acceptors (Lipinski definition) is 5. The summed E-state index contributed by atoms with van der Waals surface area (Å²) in [6.45, 7) is 1.79. The number of carbonyl (C=O) groups excluding carboxylic acids is 1. The molecule has 1 heterocycles. The molecule has 150 valence electrons. The first kappa shape index (κ1) is 21.4. The Labute approximate surface area is 160 Å². The lowest BCUT2D eigenvalue weighted by atomic mass is 10.1. The number of rotatable bonds is 11. The van der Waals surface area contributed by atoms with Crippen LogP contribution in [0, 0.1) is 0 Å². The first-order valence-electron chi connectivity index (χ1n) is 9.18. The Morgan fingerprint density at radius 2 is 1.89 bits per heavy atom. The summed E-state index contributed by atoms with van der Waals surface area (Å²) < 4.78 is 42.5. The van der Waals surface area contributed by atoms with Crippen molar-refractivity contribution >= 4 is 15.7 Å². The first-order valence-corrected chi connectivity index (χ1v) is 10.8. The van der Waals surface area contributed by atoms with Gasteiger partial charge in [-0.1, -0.05) is 6.42 Å². The van der Waals surface area contributed by atoms with Crippen molar-refractivity contribution in [2.45, 2.75) is 37.0 Å². The van der Waals surface area contributed by atoms with E-state index >= 15 is 0 Å². The molecular weight excluding hydrogens is 371 g/mol. The Morgan fingerprint density at radius 3 is 2.44 bits per heavy atom. The zero-order valence-electron chi connectivity index (χ0n) is 15.4. The predicted molar refractivity (Wildman–Crippen MR) is 102 cm³/mol. The number of hydrogen-bond donors (Lipinski definition) is 1. The summed E-state index contributed by atoms with van der Waals surface area (Å²) in [7, 11) is -3.37. The van der Waals surface area contributed by atoms with Crippen molar-refractivity contribution in [3.63, 3.8) is 0 Å². The van der Waals surface area contributed by atoms with E-state index in [1.54, 1.807) is 12.1 Å². The van der Waals surface area contributed by atoms with Gasteiger partial charge in [-0.25, -0.2) is 12.8 Å². The molecule has 1 aliphatic heterocycles. The highest BCUT2D eigenvalue weighted by Gasteiger charge is 2.19. The van der Waals surface area contributed by atoms with Gasteiger partial charge in [-0.3, -0.25) is 4.79 Å². The van der Waals surface area contributed by atoms with Gasteiger partial charge in [0.2, 0.25) is 5.91 Å². The number of amides is 1. The third-order valence-corrected chi connectivity index (χ3v) is 6.35. The second kappa shape index (κ2) is 10.4. The van der Waals surface area contributed by atoms with Crippen molar-refractivity contribution in [3.8, 4) is 5.75 Å². The summed E-state index contributed by atoms with van der Waals surface area (Å²) in [5.74, 6) is 0.666. The average molecular weight is 399 g/mol. The molecular formula is C19H27FN2O4S. The number of unbranched alkanes of at least 4 members (excludes halogenated alkanes) is 2. The van der Waals surface area contributed by atoms with Crippen molar-refractivity contribution in [1.82, 2.24) is 4.90 Å². The topological polar surface area (TPSA) is 89.7 Å². The molecule has 1 aliphatic rings. The summed E-state index contributed by atoms with van der Waals surface area (Å²) in [4.78, 5) is 13.8. The van der Waals surface area contributed by atoms with Gasteiger partial charge >= 0.3 is 0 Å². The zero-order chi connectivity index (χ0) is 19.7. The third kappa shape index (κ3) is 6.62. The Balaban J connectivity index is 1.74. The summed E-state index contributed by atoms with van der Waals surface area (Å²) in [5, 5.41) is 0. The lowest BCUT2D eigenvalue weighted by Crippen LogP contribution is -2.41. The fraction of sp³-hybridized carbons (Fsp3) is 0.526. The fourth-order valence-electron chi connectivity index (χ4n) is 2.64. The number of halogens is 1. The molecule has 0 bridgehead atoms. The van der Waals surface area contributed by atoms with Crippen LogP contribution in [-0.4, -0.2) is 51.2 Å². The minimum absolute atomic E-state index is 0.0231. The lowest BCUT2D eigenvalue weighted by molar-refractivity contribution is -0.134. The monoisotopic (exact) mass is 398 g/mol. The van der Waals surface area contributed by atoms with Gasteiger partial charge in [0.15, 0.2) is 9.84 Å². The minimum atomic E-state index is -3.37. The van der Waals surface area contributed by atoms with Crippen LogP contribution in [-0.2, 0) is 14.6 Å². The molecule has 0 aromatic heterocycles. The summed E-state index contributed by atoms with van der Waals surface area (Å²) in [6, 6.07) is 6.06. The summed E-state index contributed by atoms with van der Waals surface area (Å²) in [6.07, 6.45) is 3.92. The van der Waals surface area contributed by atoms with Crippen LogP contribution in [0.4, 0.5) is 4.39 Å². The van der Waals surface area contributed by atoms with Crippen molar-refractivity contribution < 1.29 is 22.3 Å². The number of ether oxygens (including phenoxy) is 1. The second-order valence-corrected chi connectivity index (χ2v) is 8.70. The fourth-order valence-corrected chi connectivity index (χ4v) is 4.01. The van der Waals surface area contributed by atoms with E-state index in [2.05, 4.69) is 0 Å². The molecule has 1 amide bonds. The Bertz CT molecular complexity index is 743. The number of sulfone groups is 1. The van der Waals surface area contributed by atoms with Gasteiger partial charge in [0.25, 0.3) is 0 Å². The van der Waals surface area contributed by atoms with Crippen LogP contribution in [0.15, 0.2) is 41.1 Å². The van der Waals surface area contributed by atoms with Gasteiger partial charge in [-0.2, -0.15) is 0 Å². The third-order valence-electron chi connectivity index (χ3n) is 4.54. The van der Waals surface area contributed by atoms with E-state index in [-0.39, 0.29) is 29.7 Å². The highest BCUT2D eigenvalue weighted by Crippen LogP contribution is 2.19. The van der Waals surface area contributed by atoms with E-state index in [0.717, 1.165) is 19.5 Å². The van der Waals surface area contributed by atoms with Crippen LogP contribution >= 0.6 is 0 Å². The van der Waals surface area contributed by atoms with Crippen LogP contribution in [0.1, 0.15) is 32.1 Å². The summed E-state index contributed by atoms with van der Waals surface area (Å²) >= 11 is 0. The minimum Gasteiger partial charge on any atom is -0.489 e. The maximum absolute atomic E-state index is 12.4. The molecule has 0 spiro atoms. The van der Waals surface area contributed by atoms with Crippen LogP contribution in [0.25, 0.3) is 0 Å². The maximum atomic E-state index is 12.4. The van der Waals surface area contributed by atoms with Gasteiger partial charge in [0.1, 0.15) is 12.4 Å². The van der Waals surface area contributed by atoms with E-state index in [1.165, 1.54) is 12.1 Å². The zero-order valence-corrected chi connectivity index (χ0v) is 16.2. The van der Waals surface area contributed by atoms with Gasteiger partial charge in [-0.15, -0.1) is 0 Å². The molecule has 2 rings (SSSR count). The predicted octanol–water partition coefficient (Wildman–Crippen LogP) is 2.44. The molecule has 0 radical (unpaired) electrons. The smallest absolute Gasteiger partial charge is 0.222 e. The molecule has 2 N–H and O–H groups in total. The molecule has 8 heteroatoms. The number of likely N-dealkylation sites (tertiary alicyclic amines) is 1. The van der Waals surface area contributed by atoms with E-state index < -0.39 is 9.84 Å². The van der Waals surface area contributed by atoms with Crippen LogP contribution in [0.5, 0.6) is 5.75 Å². The van der Waals surface area contributed by atoms with E-state index in [9.17, 15) is 17.6 Å². The lowest BCUT2D eigenvalue weighted by Gasteiger charge is -2.30. The number of nitrogens with two attached hydrogens (primary N) is 1. The second-order valence-electron chi connectivity index (χ2n) is 6.60. The van der Waals surface area contributed by atoms with Gasteiger partial charge in [0, 0.05) is 31.6 Å². The van der Waals surface area contributed by atoms with Crippen LogP contribution < -0.4 is 10.5 Å². The molecule has 27 heavy (non-hydrogen) atoms. The standard InChI is InChI=1S/C19H27FN2O4S/c20-13-16(14-21)15-26-17-6-8-18(9-7-17)27(24,25)12-3-1-2-5-19(23)22-10-4-11-22/h6-9,13H,1-5,10-12,14-15,21H2/b16-13+. The molecule has 0 atom stereocenters. The molecule has 0 unspecified atom stereocenters. The van der Waals surface area contributed by atoms with E-state index in [4.69, 9.17) is 10.5 Å². The molecule has 1 aromatic rings. The van der Waals surface area contributed by atoms with Crippen LogP contribution in [0.2, 0.25) is 0 Å². The largest absolute Gasteiger partial charge is 0.489 e. The first-order chi connectivity index (χ1) is 13.0. The maximum Gasteiger partial charge on any atom is 0.222 e. The van der Waals surface area contributed by atoms with Crippen molar-refractivity contribution in [1.29, 1.82) is 0 Å². The van der Waals surface area contributed by atoms with Crippen molar-refractivity contribution in [3.05, 3.63) is 36.2 Å². The molecule has 6 nitrogen and oxygen atoms in total. The molecule has 0 saturated carbocycles. The summed E-state index contributed by atoms with van der Waals surface area (Å²) in [5.41, 5.74) is 5.67. The Morgan fingerprint density at radius 1 is 1.19 bits per heavy atom. The molecule has 1 aromatic carbocycles. The van der Waals surface area contributed by atoms with Gasteiger partial charge in [-0.05, 0) is 43.5 Å². The van der Waals surface area contributed by atoms with Crippen molar-refractivity contribution in [2.75, 3.05) is 32.0 Å². The van der Waals surface area contributed by atoms with Crippen molar-refractivity contribution in [2.24, 2.45) is 5.73 Å². The quantitative estimate of drug-likeness (QED) is 0.578. The normalized spacial score (nSPS) is 14.7. The average Bonchev–Trinajstić information content (AvgIpc) is 2.61. The van der Waals surface area contributed by atoms with Gasteiger partial charge in [0.05, 0.1) is 17.0 Å². The SMILES string of the molecule is NC/C(=C\F)COc1ccc(S(=O)(=O)CCCCCC(=O)N2CCC2)cc1. The highest BCUT2D eigenvalue weighted by molar-refractivity contribution is 7.91. The van der Waals surface area contributed by atoms with Crippen LogP contribution in [0.3, 0.4) is 0 Å². The van der Waals surface area contributed by atoms with Gasteiger partial charge < -0.3 is 15.4 Å². The molecule has 0 aliphatic carbocycles. The van der Waals surface area contributed by atoms with E-state index in [0.29, 0.717) is 43.3 Å². The molecule has 1 fully saturated rings.